The zero-order chi connectivity index (χ0) is 9.98. The summed E-state index contributed by atoms with van der Waals surface area (Å²) < 4.78 is 4.57. The van der Waals surface area contributed by atoms with Gasteiger partial charge >= 0.3 is 5.97 Å². The van der Waals surface area contributed by atoms with Crippen LogP contribution < -0.4 is 5.73 Å². The highest BCUT2D eigenvalue weighted by Gasteiger charge is 2.05. The number of ether oxygens (including phenoxy) is 1. The van der Waals surface area contributed by atoms with Crippen LogP contribution in [0.2, 0.25) is 0 Å². The lowest BCUT2D eigenvalue weighted by Crippen LogP contribution is -2.28. The third-order valence-corrected chi connectivity index (χ3v) is 0.715. The Morgan fingerprint density at radius 2 is 2.33 bits per heavy atom. The summed E-state index contributed by atoms with van der Waals surface area (Å²) in [5.41, 5.74) is 5.17. The van der Waals surface area contributed by atoms with E-state index in [0.29, 0.717) is 6.08 Å². The molecule has 0 bridgehead atoms. The van der Waals surface area contributed by atoms with Gasteiger partial charge < -0.3 is 15.9 Å². The van der Waals surface area contributed by atoms with Crippen LogP contribution in [0.25, 0.3) is 5.41 Å². The molecule has 5 nitrogen and oxygen atoms in total. The summed E-state index contributed by atoms with van der Waals surface area (Å²) in [5, 5.41) is 6.76. The Morgan fingerprint density at radius 1 is 1.92 bits per heavy atom. The van der Waals surface area contributed by atoms with Crippen LogP contribution in [0, 0.1) is 0 Å². The van der Waals surface area contributed by atoms with Gasteiger partial charge in [-0.3, -0.25) is 9.59 Å². The number of hydrogen-bond acceptors (Lipinski definition) is 4. The van der Waals surface area contributed by atoms with Crippen molar-refractivity contribution in [3.63, 3.8) is 0 Å². The van der Waals surface area contributed by atoms with Gasteiger partial charge in [-0.1, -0.05) is 12.7 Å². The number of nitrogens with two attached hydrogens (primary N) is 1. The highest BCUT2D eigenvalue weighted by Crippen LogP contribution is 1.82. The summed E-state index contributed by atoms with van der Waals surface area (Å²) in [6, 6.07) is -0.537. The van der Waals surface area contributed by atoms with Gasteiger partial charge in [-0.2, -0.15) is 0 Å². The largest absolute Gasteiger partial charge is 0.724 e. The van der Waals surface area contributed by atoms with Gasteiger partial charge in [-0.25, -0.2) is 0 Å². The van der Waals surface area contributed by atoms with Gasteiger partial charge in [0.25, 0.3) is 0 Å². The van der Waals surface area contributed by atoms with E-state index in [9.17, 15) is 4.79 Å². The van der Waals surface area contributed by atoms with Crippen LogP contribution in [-0.4, -0.2) is 24.7 Å². The molecule has 0 spiro atoms. The van der Waals surface area contributed by atoms with Crippen molar-refractivity contribution in [2.24, 2.45) is 5.73 Å². The molecule has 0 aliphatic heterocycles. The van der Waals surface area contributed by atoms with Crippen LogP contribution in [0.15, 0.2) is 12.7 Å². The minimum atomic E-state index is -0.537. The normalized spacial score (nSPS) is 9.83. The molecule has 0 saturated heterocycles. The third-order valence-electron chi connectivity index (χ3n) is 0.715. The van der Waals surface area contributed by atoms with Gasteiger partial charge in [0.2, 0.25) is 0 Å². The standard InChI is InChI=1S/C6H11NO2.CNO/c1-3-4-9-6(8)5(2)7;2-1-3/h3,5H,1,4,7H2,2H3;/q;-1/t5-;/m0./s1. The Labute approximate surface area is 70.7 Å². The van der Waals surface area contributed by atoms with E-state index in [2.05, 4.69) is 11.3 Å². The average molecular weight is 171 g/mol. The molecule has 0 aromatic rings. The van der Waals surface area contributed by atoms with Crippen molar-refractivity contribution >= 4 is 12.0 Å². The number of esters is 1. The predicted molar refractivity (Wildman–Crippen MR) is 43.9 cm³/mol. The van der Waals surface area contributed by atoms with E-state index in [1.807, 2.05) is 0 Å². The van der Waals surface area contributed by atoms with Crippen molar-refractivity contribution in [2.45, 2.75) is 13.0 Å². The van der Waals surface area contributed by atoms with Gasteiger partial charge in [0.15, 0.2) is 0 Å². The molecule has 0 amide bonds. The predicted octanol–water partition coefficient (Wildman–Crippen LogP) is -0.0456. The fourth-order valence-corrected chi connectivity index (χ4v) is 0.273. The maximum absolute atomic E-state index is 10.5. The van der Waals surface area contributed by atoms with E-state index < -0.39 is 12.0 Å². The highest BCUT2D eigenvalue weighted by atomic mass is 16.5. The SMILES string of the molecule is C=CCOC(=O)[C@H](C)N.[N-]=C=O. The lowest BCUT2D eigenvalue weighted by Gasteiger charge is -2.02. The first kappa shape index (κ1) is 13.2. The fraction of sp³-hybridized carbons (Fsp3) is 0.429. The monoisotopic (exact) mass is 171 g/mol. The molecule has 0 aliphatic rings. The number of carbonyl (C=O) groups excluding carboxylic acids is 2. The molecule has 0 radical (unpaired) electrons. The van der Waals surface area contributed by atoms with Crippen LogP contribution in [-0.2, 0) is 14.3 Å². The summed E-state index contributed by atoms with van der Waals surface area (Å²) in [6.45, 7) is 5.19. The topological polar surface area (TPSA) is 91.7 Å². The first-order valence-corrected chi connectivity index (χ1v) is 3.14. The molecule has 0 rings (SSSR count). The number of nitrogens with zero attached hydrogens (tertiary/aromatic N) is 1. The Bertz CT molecular complexity index is 171. The third kappa shape index (κ3) is 11.4. The molecule has 0 fully saturated rings. The molecular formula is C7H11N2O3-. The molecule has 0 aliphatic carbocycles. The Morgan fingerprint density at radius 3 is 2.58 bits per heavy atom. The summed E-state index contributed by atoms with van der Waals surface area (Å²) in [6.07, 6.45) is 2.00. The van der Waals surface area contributed by atoms with Crippen LogP contribution >= 0.6 is 0 Å². The Balaban J connectivity index is 0. The van der Waals surface area contributed by atoms with Gasteiger partial charge in [-0.15, -0.1) is 0 Å². The van der Waals surface area contributed by atoms with E-state index in [1.165, 1.54) is 6.08 Å². The molecule has 0 aromatic carbocycles. The number of hydrogen-bond donors (Lipinski definition) is 1. The Kier molecular flexibility index (Phi) is 10.5. The van der Waals surface area contributed by atoms with Crippen molar-refractivity contribution in [1.82, 2.24) is 0 Å². The summed E-state index contributed by atoms with van der Waals surface area (Å²) in [5.74, 6) is -0.394. The fourth-order valence-electron chi connectivity index (χ4n) is 0.273. The van der Waals surface area contributed by atoms with E-state index in [4.69, 9.17) is 15.9 Å². The van der Waals surface area contributed by atoms with Gasteiger partial charge in [0, 0.05) is 0 Å². The van der Waals surface area contributed by atoms with Crippen molar-refractivity contribution in [2.75, 3.05) is 6.61 Å². The highest BCUT2D eigenvalue weighted by molar-refractivity contribution is 5.74. The van der Waals surface area contributed by atoms with Crippen LogP contribution in [0.4, 0.5) is 0 Å². The molecule has 0 heterocycles. The maximum Gasteiger partial charge on any atom is 0.322 e. The van der Waals surface area contributed by atoms with Crippen molar-refractivity contribution in [3.8, 4) is 0 Å². The van der Waals surface area contributed by atoms with E-state index in [1.54, 1.807) is 6.92 Å². The second-order valence-electron chi connectivity index (χ2n) is 1.80. The van der Waals surface area contributed by atoms with Crippen molar-refractivity contribution in [1.29, 1.82) is 0 Å². The second-order valence-corrected chi connectivity index (χ2v) is 1.80. The number of isocyanates is 1. The lowest BCUT2D eigenvalue weighted by atomic mass is 10.4. The Hall–Kier alpha value is -1.45. The van der Waals surface area contributed by atoms with Crippen molar-refractivity contribution < 1.29 is 14.3 Å². The van der Waals surface area contributed by atoms with Crippen LogP contribution in [0.1, 0.15) is 6.92 Å². The molecule has 5 heteroatoms. The van der Waals surface area contributed by atoms with E-state index >= 15 is 0 Å². The zero-order valence-corrected chi connectivity index (χ0v) is 6.82. The number of carbonyl (C=O) groups is 1. The molecule has 0 saturated carbocycles. The summed E-state index contributed by atoms with van der Waals surface area (Å²) >= 11 is 0. The molecular weight excluding hydrogens is 160 g/mol. The van der Waals surface area contributed by atoms with Gasteiger partial charge in [0.05, 0.1) is 0 Å². The molecule has 12 heavy (non-hydrogen) atoms. The maximum atomic E-state index is 10.5. The number of rotatable bonds is 3. The summed E-state index contributed by atoms with van der Waals surface area (Å²) in [4.78, 5) is 18.7. The lowest BCUT2D eigenvalue weighted by molar-refractivity contribution is -0.143. The van der Waals surface area contributed by atoms with Crippen molar-refractivity contribution in [3.05, 3.63) is 18.1 Å². The molecule has 2 N–H and O–H groups in total. The van der Waals surface area contributed by atoms with E-state index in [-0.39, 0.29) is 6.61 Å². The quantitative estimate of drug-likeness (QED) is 0.279. The summed E-state index contributed by atoms with van der Waals surface area (Å²) in [7, 11) is 0. The van der Waals surface area contributed by atoms with Crippen LogP contribution in [0.3, 0.4) is 0 Å². The van der Waals surface area contributed by atoms with E-state index in [0.717, 1.165) is 0 Å². The van der Waals surface area contributed by atoms with Gasteiger partial charge in [0.1, 0.15) is 12.6 Å². The molecule has 0 aromatic heterocycles. The average Bonchev–Trinajstić information content (AvgIpc) is 2.01. The molecule has 1 atom stereocenters. The minimum absolute atomic E-state index is 0.236. The minimum Gasteiger partial charge on any atom is -0.724 e. The zero-order valence-electron chi connectivity index (χ0n) is 6.82. The first-order chi connectivity index (χ1) is 5.59. The van der Waals surface area contributed by atoms with Gasteiger partial charge in [-0.05, 0) is 13.0 Å². The molecule has 0 unspecified atom stereocenters. The smallest absolute Gasteiger partial charge is 0.322 e. The molecule has 68 valence electrons. The first-order valence-electron chi connectivity index (χ1n) is 3.14. The second kappa shape index (κ2) is 9.55. The van der Waals surface area contributed by atoms with Crippen LogP contribution in [0.5, 0.6) is 0 Å².